The van der Waals surface area contributed by atoms with Crippen LogP contribution in [-0.4, -0.2) is 31.3 Å². The molecule has 3 heterocycles. The average Bonchev–Trinajstić information content (AvgIpc) is 3.39. The first-order valence-electron chi connectivity index (χ1n) is 11.6. The van der Waals surface area contributed by atoms with E-state index in [4.69, 9.17) is 10.3 Å². The summed E-state index contributed by atoms with van der Waals surface area (Å²) < 4.78 is 8.62. The zero-order chi connectivity index (χ0) is 26.3. The van der Waals surface area contributed by atoms with Gasteiger partial charge in [-0.3, -0.25) is 14.4 Å². The van der Waals surface area contributed by atoms with Gasteiger partial charge in [0.1, 0.15) is 5.76 Å². The lowest BCUT2D eigenvalue weighted by Gasteiger charge is -2.11. The van der Waals surface area contributed by atoms with Gasteiger partial charge in [0.25, 0.3) is 11.5 Å². The van der Waals surface area contributed by atoms with E-state index >= 15 is 0 Å². The fraction of sp³-hybridized carbons (Fsp3) is 0.148. The Kier molecular flexibility index (Phi) is 5.92. The number of anilines is 1. The van der Waals surface area contributed by atoms with Gasteiger partial charge < -0.3 is 20.1 Å². The standard InChI is InChI=1S/C27H24N6O4/c1-4-33-21(16-8-10-17(11-9-16)22-15(2)37-32(3)27(22)36)13-19-14-29-31-23(24(19)33)26(35)30-20-7-5-6-18(12-20)25(28)34/h5-14H,4H2,1-3H3,(H2,28,34)(H,30,35). The van der Waals surface area contributed by atoms with Gasteiger partial charge in [-0.2, -0.15) is 9.84 Å². The molecule has 0 aliphatic heterocycles. The second-order valence-corrected chi connectivity index (χ2v) is 8.57. The van der Waals surface area contributed by atoms with Gasteiger partial charge in [0.2, 0.25) is 5.91 Å². The van der Waals surface area contributed by atoms with E-state index in [2.05, 4.69) is 15.5 Å². The maximum Gasteiger partial charge on any atom is 0.290 e. The summed E-state index contributed by atoms with van der Waals surface area (Å²) in [6, 6.07) is 15.9. The van der Waals surface area contributed by atoms with E-state index in [1.165, 1.54) is 10.8 Å². The first kappa shape index (κ1) is 23.7. The highest BCUT2D eigenvalue weighted by Gasteiger charge is 2.20. The smallest absolute Gasteiger partial charge is 0.290 e. The first-order valence-corrected chi connectivity index (χ1v) is 11.6. The number of hydrogen-bond donors (Lipinski definition) is 2. The largest absolute Gasteiger partial charge is 0.381 e. The molecule has 0 fully saturated rings. The van der Waals surface area contributed by atoms with E-state index in [0.29, 0.717) is 29.1 Å². The number of nitrogens with two attached hydrogens (primary N) is 1. The molecule has 0 radical (unpaired) electrons. The first-order chi connectivity index (χ1) is 17.8. The second kappa shape index (κ2) is 9.23. The molecule has 5 rings (SSSR count). The van der Waals surface area contributed by atoms with Crippen molar-refractivity contribution in [1.29, 1.82) is 0 Å². The van der Waals surface area contributed by atoms with Crippen LogP contribution in [0.15, 0.2) is 70.1 Å². The number of amides is 2. The van der Waals surface area contributed by atoms with E-state index in [1.807, 2.05) is 41.8 Å². The SMILES string of the molecule is CCn1c(-c2ccc(-c3c(C)on(C)c3=O)cc2)cc2cnnc(C(=O)Nc3cccc(C(N)=O)c3)c21. The number of nitrogens with one attached hydrogen (secondary N) is 1. The minimum absolute atomic E-state index is 0.157. The minimum Gasteiger partial charge on any atom is -0.381 e. The monoisotopic (exact) mass is 496 g/mol. The molecule has 2 amide bonds. The summed E-state index contributed by atoms with van der Waals surface area (Å²) in [5.41, 5.74) is 9.73. The van der Waals surface area contributed by atoms with Gasteiger partial charge in [-0.1, -0.05) is 30.3 Å². The average molecular weight is 497 g/mol. The van der Waals surface area contributed by atoms with E-state index in [-0.39, 0.29) is 16.8 Å². The van der Waals surface area contributed by atoms with Gasteiger partial charge in [-0.15, -0.1) is 5.10 Å². The lowest BCUT2D eigenvalue weighted by molar-refractivity contribution is 0.0995. The maximum absolute atomic E-state index is 13.2. The number of benzene rings is 2. The summed E-state index contributed by atoms with van der Waals surface area (Å²) >= 11 is 0. The molecule has 37 heavy (non-hydrogen) atoms. The fourth-order valence-electron chi connectivity index (χ4n) is 4.53. The molecule has 0 bridgehead atoms. The Bertz CT molecular complexity index is 1730. The van der Waals surface area contributed by atoms with Crippen LogP contribution < -0.4 is 16.6 Å². The van der Waals surface area contributed by atoms with Crippen molar-refractivity contribution in [2.75, 3.05) is 5.32 Å². The van der Waals surface area contributed by atoms with Crippen LogP contribution in [0.3, 0.4) is 0 Å². The van der Waals surface area contributed by atoms with Crippen molar-refractivity contribution < 1.29 is 14.1 Å². The Morgan fingerprint density at radius 3 is 2.46 bits per heavy atom. The topological polar surface area (TPSA) is 138 Å². The number of aryl methyl sites for hydroxylation is 3. The van der Waals surface area contributed by atoms with Crippen LogP contribution in [0, 0.1) is 6.92 Å². The predicted molar refractivity (Wildman–Crippen MR) is 139 cm³/mol. The third kappa shape index (κ3) is 4.18. The van der Waals surface area contributed by atoms with Gasteiger partial charge in [0.05, 0.1) is 17.3 Å². The molecule has 0 unspecified atom stereocenters. The fourth-order valence-corrected chi connectivity index (χ4v) is 4.53. The number of carbonyl (C=O) groups excluding carboxylic acids is 2. The summed E-state index contributed by atoms with van der Waals surface area (Å²) in [5, 5.41) is 11.7. The van der Waals surface area contributed by atoms with Crippen molar-refractivity contribution in [2.24, 2.45) is 12.8 Å². The van der Waals surface area contributed by atoms with Crippen LogP contribution in [0.1, 0.15) is 33.5 Å². The molecule has 0 saturated heterocycles. The molecule has 186 valence electrons. The number of nitrogens with zero attached hydrogens (tertiary/aromatic N) is 4. The molecule has 0 saturated carbocycles. The second-order valence-electron chi connectivity index (χ2n) is 8.57. The molecular formula is C27H24N6O4. The molecule has 3 N–H and O–H groups in total. The molecule has 3 aromatic heterocycles. The van der Waals surface area contributed by atoms with Crippen LogP contribution in [0.25, 0.3) is 33.3 Å². The highest BCUT2D eigenvalue weighted by atomic mass is 16.5. The minimum atomic E-state index is -0.586. The van der Waals surface area contributed by atoms with Crippen molar-refractivity contribution in [3.05, 3.63) is 88.2 Å². The van der Waals surface area contributed by atoms with Crippen LogP contribution in [0.4, 0.5) is 5.69 Å². The number of carbonyl (C=O) groups is 2. The normalized spacial score (nSPS) is 11.1. The van der Waals surface area contributed by atoms with Crippen molar-refractivity contribution in [3.8, 4) is 22.4 Å². The predicted octanol–water partition coefficient (Wildman–Crippen LogP) is 3.74. The van der Waals surface area contributed by atoms with Gasteiger partial charge in [-0.05, 0) is 49.2 Å². The summed E-state index contributed by atoms with van der Waals surface area (Å²) in [6.07, 6.45) is 1.61. The zero-order valence-electron chi connectivity index (χ0n) is 20.5. The van der Waals surface area contributed by atoms with Crippen molar-refractivity contribution in [1.82, 2.24) is 19.5 Å². The van der Waals surface area contributed by atoms with E-state index in [9.17, 15) is 14.4 Å². The maximum atomic E-state index is 13.2. The van der Waals surface area contributed by atoms with Gasteiger partial charge in [0.15, 0.2) is 5.69 Å². The summed E-state index contributed by atoms with van der Waals surface area (Å²) in [7, 11) is 1.58. The Morgan fingerprint density at radius 1 is 1.08 bits per heavy atom. The van der Waals surface area contributed by atoms with Crippen molar-refractivity contribution in [2.45, 2.75) is 20.4 Å². The number of fused-ring (bicyclic) bond motifs is 1. The molecule has 0 atom stereocenters. The van der Waals surface area contributed by atoms with Crippen LogP contribution in [0.2, 0.25) is 0 Å². The van der Waals surface area contributed by atoms with Gasteiger partial charge in [-0.25, -0.2) is 0 Å². The number of hydrogen-bond acceptors (Lipinski definition) is 6. The number of rotatable bonds is 6. The Hall–Kier alpha value is -4.99. The van der Waals surface area contributed by atoms with Crippen molar-refractivity contribution >= 4 is 28.4 Å². The van der Waals surface area contributed by atoms with E-state index in [0.717, 1.165) is 22.2 Å². The molecule has 5 aromatic rings. The molecule has 0 aliphatic carbocycles. The molecule has 10 heteroatoms. The number of aromatic nitrogens is 4. The summed E-state index contributed by atoms with van der Waals surface area (Å²) in [5.74, 6) is -0.491. The van der Waals surface area contributed by atoms with Crippen LogP contribution >= 0.6 is 0 Å². The summed E-state index contributed by atoms with van der Waals surface area (Å²) in [4.78, 5) is 37.1. The molecule has 10 nitrogen and oxygen atoms in total. The quantitative estimate of drug-likeness (QED) is 0.367. The molecule has 0 spiro atoms. The van der Waals surface area contributed by atoms with Crippen LogP contribution in [0.5, 0.6) is 0 Å². The Labute approximate surface area is 211 Å². The third-order valence-corrected chi connectivity index (χ3v) is 6.24. The van der Waals surface area contributed by atoms with E-state index < -0.39 is 11.8 Å². The Balaban J connectivity index is 1.54. The molecule has 2 aromatic carbocycles. The highest BCUT2D eigenvalue weighted by Crippen LogP contribution is 2.31. The lowest BCUT2D eigenvalue weighted by atomic mass is 10.0. The summed E-state index contributed by atoms with van der Waals surface area (Å²) in [6.45, 7) is 4.32. The molecule has 0 aliphatic rings. The Morgan fingerprint density at radius 2 is 1.81 bits per heavy atom. The van der Waals surface area contributed by atoms with Gasteiger partial charge >= 0.3 is 0 Å². The van der Waals surface area contributed by atoms with Crippen molar-refractivity contribution in [3.63, 3.8) is 0 Å². The third-order valence-electron chi connectivity index (χ3n) is 6.24. The van der Waals surface area contributed by atoms with Crippen LogP contribution in [-0.2, 0) is 13.6 Å². The highest BCUT2D eigenvalue weighted by molar-refractivity contribution is 6.11. The van der Waals surface area contributed by atoms with E-state index in [1.54, 1.807) is 38.4 Å². The molecular weight excluding hydrogens is 472 g/mol. The number of primary amides is 1. The van der Waals surface area contributed by atoms with Gasteiger partial charge in [0, 0.05) is 35.9 Å². The zero-order valence-corrected chi connectivity index (χ0v) is 20.5. The lowest BCUT2D eigenvalue weighted by Crippen LogP contribution is -2.17.